The van der Waals surface area contributed by atoms with Crippen LogP contribution in [0.4, 0.5) is 10.5 Å². The van der Waals surface area contributed by atoms with Crippen LogP contribution in [0.5, 0.6) is 0 Å². The maximum atomic E-state index is 12.9. The first kappa shape index (κ1) is 21.1. The summed E-state index contributed by atoms with van der Waals surface area (Å²) in [5, 5.41) is 1.90. The van der Waals surface area contributed by atoms with Gasteiger partial charge in [-0.15, -0.1) is 0 Å². The van der Waals surface area contributed by atoms with E-state index in [1.165, 1.54) is 0 Å². The molecule has 4 nitrogen and oxygen atoms in total. The van der Waals surface area contributed by atoms with E-state index in [0.717, 1.165) is 11.3 Å². The Morgan fingerprint density at radius 3 is 2.25 bits per heavy atom. The topological polar surface area (TPSA) is 26.8 Å². The van der Waals surface area contributed by atoms with Gasteiger partial charge in [-0.25, -0.2) is 4.79 Å². The Morgan fingerprint density at radius 1 is 1.00 bits per heavy atom. The number of hydrogen-bond donors (Lipinski definition) is 0. The molecule has 1 fully saturated rings. The number of hydrogen-bond acceptors (Lipinski definition) is 2. The van der Waals surface area contributed by atoms with Crippen molar-refractivity contribution in [3.8, 4) is 0 Å². The molecule has 0 saturated carbocycles. The first-order valence-electron chi connectivity index (χ1n) is 9.45. The van der Waals surface area contributed by atoms with Crippen molar-refractivity contribution in [1.29, 1.82) is 0 Å². The fraction of sp³-hybridized carbons (Fsp3) is 0.381. The minimum Gasteiger partial charge on any atom is -0.360 e. The van der Waals surface area contributed by atoms with Gasteiger partial charge in [0.15, 0.2) is 0 Å². The third-order valence-electron chi connectivity index (χ3n) is 5.16. The second-order valence-corrected chi connectivity index (χ2v) is 8.04. The van der Waals surface area contributed by atoms with Crippen LogP contribution in [0.15, 0.2) is 42.5 Å². The summed E-state index contributed by atoms with van der Waals surface area (Å²) in [4.78, 5) is 18.9. The number of benzene rings is 2. The summed E-state index contributed by atoms with van der Waals surface area (Å²) in [6.07, 6.45) is 0. The van der Waals surface area contributed by atoms with Crippen LogP contribution < -0.4 is 4.90 Å². The van der Waals surface area contributed by atoms with Crippen molar-refractivity contribution in [3.63, 3.8) is 0 Å². The molecule has 1 atom stereocenters. The van der Waals surface area contributed by atoms with Gasteiger partial charge in [-0.2, -0.15) is 0 Å². The van der Waals surface area contributed by atoms with E-state index in [0.29, 0.717) is 47.8 Å². The zero-order valence-corrected chi connectivity index (χ0v) is 18.3. The van der Waals surface area contributed by atoms with E-state index in [1.54, 1.807) is 6.07 Å². The maximum Gasteiger partial charge on any atom is 0.320 e. The molecule has 0 aromatic heterocycles. The lowest BCUT2D eigenvalue weighted by atomic mass is 10.0. The van der Waals surface area contributed by atoms with Crippen molar-refractivity contribution >= 4 is 46.5 Å². The standard InChI is InChI=1S/C21H24Cl3N3O/c1-3-25(4-2)21(28)26-11-12-27(19-10-9-17(23)13-18(19)24)20(14-26)15-5-7-16(22)8-6-15/h5-10,13,20H,3-4,11-12,14H2,1-2H3. The Hall–Kier alpha value is -1.62. The number of nitrogens with zero attached hydrogens (tertiary/aromatic N) is 3. The zero-order valence-electron chi connectivity index (χ0n) is 16.0. The Balaban J connectivity index is 1.94. The molecule has 28 heavy (non-hydrogen) atoms. The zero-order chi connectivity index (χ0) is 20.3. The van der Waals surface area contributed by atoms with Gasteiger partial charge in [0.2, 0.25) is 0 Å². The number of piperazine rings is 1. The first-order chi connectivity index (χ1) is 13.4. The molecule has 2 aromatic rings. The number of amides is 2. The molecule has 7 heteroatoms. The summed E-state index contributed by atoms with van der Waals surface area (Å²) in [6, 6.07) is 13.4. The number of carbonyl (C=O) groups excluding carboxylic acids is 1. The first-order valence-corrected chi connectivity index (χ1v) is 10.6. The van der Waals surface area contributed by atoms with Crippen molar-refractivity contribution in [2.75, 3.05) is 37.6 Å². The molecule has 0 bridgehead atoms. The van der Waals surface area contributed by atoms with E-state index in [1.807, 2.05) is 60.0 Å². The lowest BCUT2D eigenvalue weighted by Crippen LogP contribution is -2.54. The average Bonchev–Trinajstić information content (AvgIpc) is 2.69. The van der Waals surface area contributed by atoms with Crippen LogP contribution in [-0.4, -0.2) is 48.6 Å². The molecular formula is C21H24Cl3N3O. The van der Waals surface area contributed by atoms with E-state index >= 15 is 0 Å². The van der Waals surface area contributed by atoms with E-state index < -0.39 is 0 Å². The van der Waals surface area contributed by atoms with Gasteiger partial charge >= 0.3 is 6.03 Å². The highest BCUT2D eigenvalue weighted by Gasteiger charge is 2.33. The Morgan fingerprint density at radius 2 is 1.64 bits per heavy atom. The lowest BCUT2D eigenvalue weighted by Gasteiger charge is -2.44. The summed E-state index contributed by atoms with van der Waals surface area (Å²) < 4.78 is 0. The van der Waals surface area contributed by atoms with Crippen LogP contribution in [0.3, 0.4) is 0 Å². The van der Waals surface area contributed by atoms with E-state index in [-0.39, 0.29) is 12.1 Å². The third-order valence-corrected chi connectivity index (χ3v) is 5.95. The second kappa shape index (κ2) is 9.25. The molecule has 0 N–H and O–H groups in total. The van der Waals surface area contributed by atoms with Gasteiger partial charge in [-0.05, 0) is 49.7 Å². The number of carbonyl (C=O) groups is 1. The van der Waals surface area contributed by atoms with Crippen LogP contribution >= 0.6 is 34.8 Å². The Kier molecular flexibility index (Phi) is 6.97. The molecule has 2 aromatic carbocycles. The van der Waals surface area contributed by atoms with Gasteiger partial charge in [0.1, 0.15) is 0 Å². The minimum absolute atomic E-state index is 0.0239. The minimum atomic E-state index is -0.0239. The Labute approximate surface area is 181 Å². The molecule has 150 valence electrons. The monoisotopic (exact) mass is 439 g/mol. The fourth-order valence-corrected chi connectivity index (χ4v) is 4.27. The molecule has 1 saturated heterocycles. The SMILES string of the molecule is CCN(CC)C(=O)N1CCN(c2ccc(Cl)cc2Cl)C(c2ccc(Cl)cc2)C1. The number of rotatable bonds is 4. The molecule has 2 amide bonds. The van der Waals surface area contributed by atoms with Gasteiger partial charge in [0.05, 0.1) is 16.8 Å². The lowest BCUT2D eigenvalue weighted by molar-refractivity contribution is 0.147. The van der Waals surface area contributed by atoms with Crippen molar-refractivity contribution < 1.29 is 4.79 Å². The predicted molar refractivity (Wildman–Crippen MR) is 118 cm³/mol. The number of urea groups is 1. The van der Waals surface area contributed by atoms with Gasteiger partial charge in [0, 0.05) is 42.8 Å². The van der Waals surface area contributed by atoms with Gasteiger partial charge in [0.25, 0.3) is 0 Å². The molecule has 1 aliphatic heterocycles. The normalized spacial score (nSPS) is 17.0. The number of anilines is 1. The van der Waals surface area contributed by atoms with E-state index in [4.69, 9.17) is 34.8 Å². The van der Waals surface area contributed by atoms with Gasteiger partial charge < -0.3 is 14.7 Å². The quantitative estimate of drug-likeness (QED) is 0.585. The molecule has 1 aliphatic rings. The second-order valence-electron chi connectivity index (χ2n) is 6.76. The van der Waals surface area contributed by atoms with E-state index in [2.05, 4.69) is 4.90 Å². The van der Waals surface area contributed by atoms with Crippen molar-refractivity contribution in [3.05, 3.63) is 63.1 Å². The highest BCUT2D eigenvalue weighted by molar-refractivity contribution is 6.36. The van der Waals surface area contributed by atoms with Crippen molar-refractivity contribution in [2.24, 2.45) is 0 Å². The summed E-state index contributed by atoms with van der Waals surface area (Å²) in [7, 11) is 0. The molecule has 1 unspecified atom stereocenters. The van der Waals surface area contributed by atoms with Gasteiger partial charge in [-0.1, -0.05) is 46.9 Å². The third kappa shape index (κ3) is 4.51. The maximum absolute atomic E-state index is 12.9. The summed E-state index contributed by atoms with van der Waals surface area (Å²) in [6.45, 7) is 7.30. The van der Waals surface area contributed by atoms with Gasteiger partial charge in [-0.3, -0.25) is 0 Å². The van der Waals surface area contributed by atoms with Crippen LogP contribution in [0.25, 0.3) is 0 Å². The number of halogens is 3. The van der Waals surface area contributed by atoms with Crippen LogP contribution in [0, 0.1) is 0 Å². The summed E-state index contributed by atoms with van der Waals surface area (Å²) in [5.41, 5.74) is 2.01. The predicted octanol–water partition coefficient (Wildman–Crippen LogP) is 5.97. The summed E-state index contributed by atoms with van der Waals surface area (Å²) >= 11 is 18.7. The molecule has 1 heterocycles. The highest BCUT2D eigenvalue weighted by atomic mass is 35.5. The highest BCUT2D eigenvalue weighted by Crippen LogP contribution is 2.37. The molecule has 0 aliphatic carbocycles. The summed E-state index contributed by atoms with van der Waals surface area (Å²) in [5.74, 6) is 0. The van der Waals surface area contributed by atoms with Crippen molar-refractivity contribution in [2.45, 2.75) is 19.9 Å². The molecule has 0 spiro atoms. The van der Waals surface area contributed by atoms with Crippen LogP contribution in [0.2, 0.25) is 15.1 Å². The van der Waals surface area contributed by atoms with E-state index in [9.17, 15) is 4.79 Å². The largest absolute Gasteiger partial charge is 0.360 e. The van der Waals surface area contributed by atoms with Crippen LogP contribution in [-0.2, 0) is 0 Å². The average molecular weight is 441 g/mol. The molecule has 0 radical (unpaired) electrons. The Bertz CT molecular complexity index is 824. The molecular weight excluding hydrogens is 417 g/mol. The smallest absolute Gasteiger partial charge is 0.320 e. The molecule has 3 rings (SSSR count). The van der Waals surface area contributed by atoms with Crippen LogP contribution in [0.1, 0.15) is 25.5 Å². The van der Waals surface area contributed by atoms with Crippen molar-refractivity contribution in [1.82, 2.24) is 9.80 Å². The fourth-order valence-electron chi connectivity index (χ4n) is 3.62.